The predicted octanol–water partition coefficient (Wildman–Crippen LogP) is 3.91. The van der Waals surface area contributed by atoms with Crippen LogP contribution in [-0.4, -0.2) is 20.1 Å². The smallest absolute Gasteiger partial charge is 0.244 e. The van der Waals surface area contributed by atoms with Gasteiger partial charge in [0.25, 0.3) is 0 Å². The van der Waals surface area contributed by atoms with Gasteiger partial charge in [-0.25, -0.2) is 0 Å². The number of ether oxygens (including phenoxy) is 2. The average Bonchev–Trinajstić information content (AvgIpc) is 2.66. The van der Waals surface area contributed by atoms with Crippen LogP contribution in [0.15, 0.2) is 48.5 Å². The Bertz CT molecular complexity index is 782. The number of aryl methyl sites for hydroxylation is 1. The average molecular weight is 337 g/mol. The quantitative estimate of drug-likeness (QED) is 0.842. The standard InChI is InChI=1S/C21H23NO3/c1-24-17-12-10-16(20(14-17)25-2)11-13-21(23)22-19-9-5-7-15-6-3-4-8-18(15)19/h3-4,6,8,10-14,19H,5,7,9H2,1-2H3,(H,22,23)/b13-11+. The molecule has 0 fully saturated rings. The number of carbonyl (C=O) groups excluding carboxylic acids is 1. The predicted molar refractivity (Wildman–Crippen MR) is 98.8 cm³/mol. The summed E-state index contributed by atoms with van der Waals surface area (Å²) in [7, 11) is 3.21. The zero-order valence-corrected chi connectivity index (χ0v) is 14.6. The van der Waals surface area contributed by atoms with E-state index in [4.69, 9.17) is 9.47 Å². The van der Waals surface area contributed by atoms with E-state index in [0.717, 1.165) is 30.6 Å². The molecule has 25 heavy (non-hydrogen) atoms. The first-order chi connectivity index (χ1) is 12.2. The fraction of sp³-hybridized carbons (Fsp3) is 0.286. The van der Waals surface area contributed by atoms with Crippen molar-refractivity contribution < 1.29 is 14.3 Å². The van der Waals surface area contributed by atoms with Gasteiger partial charge in [-0.2, -0.15) is 0 Å². The van der Waals surface area contributed by atoms with Crippen LogP contribution in [0.4, 0.5) is 0 Å². The molecule has 0 aliphatic heterocycles. The van der Waals surface area contributed by atoms with Crippen LogP contribution in [-0.2, 0) is 11.2 Å². The van der Waals surface area contributed by atoms with Gasteiger partial charge in [0.2, 0.25) is 5.91 Å². The Balaban J connectivity index is 1.70. The van der Waals surface area contributed by atoms with E-state index in [1.165, 1.54) is 11.1 Å². The van der Waals surface area contributed by atoms with Crippen molar-refractivity contribution in [1.29, 1.82) is 0 Å². The molecular formula is C21H23NO3. The molecule has 1 amide bonds. The molecule has 0 radical (unpaired) electrons. The molecule has 0 spiro atoms. The molecule has 1 atom stereocenters. The number of hydrogen-bond acceptors (Lipinski definition) is 3. The monoisotopic (exact) mass is 337 g/mol. The van der Waals surface area contributed by atoms with Gasteiger partial charge in [-0.3, -0.25) is 4.79 Å². The molecule has 0 heterocycles. The molecule has 1 aliphatic carbocycles. The fourth-order valence-corrected chi connectivity index (χ4v) is 3.25. The number of rotatable bonds is 5. The summed E-state index contributed by atoms with van der Waals surface area (Å²) in [6, 6.07) is 13.9. The maximum absolute atomic E-state index is 12.4. The highest BCUT2D eigenvalue weighted by Gasteiger charge is 2.20. The van der Waals surface area contributed by atoms with E-state index in [-0.39, 0.29) is 11.9 Å². The van der Waals surface area contributed by atoms with Crippen molar-refractivity contribution in [3.05, 3.63) is 65.2 Å². The lowest BCUT2D eigenvalue weighted by Gasteiger charge is -2.25. The van der Waals surface area contributed by atoms with Crippen molar-refractivity contribution in [3.8, 4) is 11.5 Å². The second-order valence-electron chi connectivity index (χ2n) is 6.09. The maximum atomic E-state index is 12.4. The van der Waals surface area contributed by atoms with Crippen LogP contribution in [0.2, 0.25) is 0 Å². The second kappa shape index (κ2) is 7.88. The SMILES string of the molecule is COc1ccc(/C=C/C(=O)NC2CCCc3ccccc32)c(OC)c1. The molecule has 0 saturated carbocycles. The number of carbonyl (C=O) groups is 1. The first-order valence-corrected chi connectivity index (χ1v) is 8.49. The molecule has 0 bridgehead atoms. The van der Waals surface area contributed by atoms with Gasteiger partial charge in [-0.15, -0.1) is 0 Å². The van der Waals surface area contributed by atoms with Gasteiger partial charge < -0.3 is 14.8 Å². The number of benzene rings is 2. The van der Waals surface area contributed by atoms with Gasteiger partial charge in [0.05, 0.1) is 20.3 Å². The highest BCUT2D eigenvalue weighted by Crippen LogP contribution is 2.29. The largest absolute Gasteiger partial charge is 0.497 e. The number of fused-ring (bicyclic) bond motifs is 1. The van der Waals surface area contributed by atoms with Gasteiger partial charge >= 0.3 is 0 Å². The molecular weight excluding hydrogens is 314 g/mol. The Morgan fingerprint density at radius 2 is 2.00 bits per heavy atom. The van der Waals surface area contributed by atoms with E-state index in [0.29, 0.717) is 5.75 Å². The summed E-state index contributed by atoms with van der Waals surface area (Å²) in [6.45, 7) is 0. The van der Waals surface area contributed by atoms with Crippen molar-refractivity contribution in [2.45, 2.75) is 25.3 Å². The third kappa shape index (κ3) is 4.02. The highest BCUT2D eigenvalue weighted by atomic mass is 16.5. The van der Waals surface area contributed by atoms with Crippen LogP contribution in [0.3, 0.4) is 0 Å². The summed E-state index contributed by atoms with van der Waals surface area (Å²) >= 11 is 0. The molecule has 2 aromatic carbocycles. The van der Waals surface area contributed by atoms with Gasteiger partial charge in [-0.05, 0) is 48.6 Å². The topological polar surface area (TPSA) is 47.6 Å². The van der Waals surface area contributed by atoms with Gasteiger partial charge in [-0.1, -0.05) is 24.3 Å². The number of nitrogens with one attached hydrogen (secondary N) is 1. The third-order valence-electron chi connectivity index (χ3n) is 4.54. The molecule has 130 valence electrons. The Morgan fingerprint density at radius 1 is 1.16 bits per heavy atom. The van der Waals surface area contributed by atoms with Crippen LogP contribution >= 0.6 is 0 Å². The molecule has 4 heteroatoms. The van der Waals surface area contributed by atoms with Crippen molar-refractivity contribution in [3.63, 3.8) is 0 Å². The van der Waals surface area contributed by atoms with E-state index in [2.05, 4.69) is 23.5 Å². The van der Waals surface area contributed by atoms with E-state index >= 15 is 0 Å². The summed E-state index contributed by atoms with van der Waals surface area (Å²) < 4.78 is 10.5. The molecule has 1 aliphatic rings. The number of methoxy groups -OCH3 is 2. The van der Waals surface area contributed by atoms with Crippen molar-refractivity contribution in [1.82, 2.24) is 5.32 Å². The van der Waals surface area contributed by atoms with Crippen LogP contribution in [0.25, 0.3) is 6.08 Å². The zero-order chi connectivity index (χ0) is 17.6. The van der Waals surface area contributed by atoms with Crippen molar-refractivity contribution in [2.24, 2.45) is 0 Å². The summed E-state index contributed by atoms with van der Waals surface area (Å²) in [6.07, 6.45) is 6.48. The number of hydrogen-bond donors (Lipinski definition) is 1. The van der Waals surface area contributed by atoms with Gasteiger partial charge in [0.1, 0.15) is 11.5 Å². The Morgan fingerprint density at radius 3 is 2.80 bits per heavy atom. The normalized spacial score (nSPS) is 16.3. The van der Waals surface area contributed by atoms with Crippen LogP contribution in [0.1, 0.15) is 35.6 Å². The molecule has 1 unspecified atom stereocenters. The highest BCUT2D eigenvalue weighted by molar-refractivity contribution is 5.92. The zero-order valence-electron chi connectivity index (χ0n) is 14.6. The fourth-order valence-electron chi connectivity index (χ4n) is 3.25. The van der Waals surface area contributed by atoms with Crippen LogP contribution < -0.4 is 14.8 Å². The lowest BCUT2D eigenvalue weighted by atomic mass is 9.88. The van der Waals surface area contributed by atoms with Gasteiger partial charge in [0, 0.05) is 17.7 Å². The summed E-state index contributed by atoms with van der Waals surface area (Å²) in [4.78, 5) is 12.4. The number of amides is 1. The first kappa shape index (κ1) is 17.1. The summed E-state index contributed by atoms with van der Waals surface area (Å²) in [5, 5.41) is 3.11. The van der Waals surface area contributed by atoms with E-state index in [1.807, 2.05) is 18.2 Å². The minimum absolute atomic E-state index is 0.0832. The molecule has 4 nitrogen and oxygen atoms in total. The van der Waals surface area contributed by atoms with Gasteiger partial charge in [0.15, 0.2) is 0 Å². The summed E-state index contributed by atoms with van der Waals surface area (Å²) in [5.74, 6) is 1.29. The van der Waals surface area contributed by atoms with Crippen molar-refractivity contribution in [2.75, 3.05) is 14.2 Å². The van der Waals surface area contributed by atoms with Crippen LogP contribution in [0, 0.1) is 0 Å². The summed E-state index contributed by atoms with van der Waals surface area (Å²) in [5.41, 5.74) is 3.40. The molecule has 0 aromatic heterocycles. The van der Waals surface area contributed by atoms with E-state index in [1.54, 1.807) is 32.4 Å². The Kier molecular flexibility index (Phi) is 5.39. The Hall–Kier alpha value is -2.75. The lowest BCUT2D eigenvalue weighted by molar-refractivity contribution is -0.117. The van der Waals surface area contributed by atoms with E-state index in [9.17, 15) is 4.79 Å². The molecule has 0 saturated heterocycles. The van der Waals surface area contributed by atoms with Crippen molar-refractivity contribution >= 4 is 12.0 Å². The second-order valence-corrected chi connectivity index (χ2v) is 6.09. The third-order valence-corrected chi connectivity index (χ3v) is 4.54. The Labute approximate surface area is 148 Å². The lowest BCUT2D eigenvalue weighted by Crippen LogP contribution is -2.29. The maximum Gasteiger partial charge on any atom is 0.244 e. The first-order valence-electron chi connectivity index (χ1n) is 8.49. The molecule has 1 N–H and O–H groups in total. The molecule has 2 aromatic rings. The van der Waals surface area contributed by atoms with E-state index < -0.39 is 0 Å². The minimum Gasteiger partial charge on any atom is -0.497 e. The minimum atomic E-state index is -0.0976. The molecule has 3 rings (SSSR count). The van der Waals surface area contributed by atoms with Crippen LogP contribution in [0.5, 0.6) is 11.5 Å².